The van der Waals surface area contributed by atoms with Crippen LogP contribution in [0.5, 0.6) is 11.5 Å². The molecule has 1 aromatic heterocycles. The van der Waals surface area contributed by atoms with E-state index in [-0.39, 0.29) is 0 Å². The molecule has 0 spiro atoms. The minimum Gasteiger partial charge on any atom is -0.493 e. The molecule has 0 atom stereocenters. The number of hydrogen-bond acceptors (Lipinski definition) is 3. The van der Waals surface area contributed by atoms with Crippen molar-refractivity contribution < 1.29 is 9.47 Å². The zero-order valence-electron chi connectivity index (χ0n) is 10.2. The Labute approximate surface area is 120 Å². The number of alkyl halides is 1. The second-order valence-corrected chi connectivity index (χ2v) is 5.35. The third kappa shape index (κ3) is 3.27. The van der Waals surface area contributed by atoms with E-state index in [2.05, 4.69) is 33.4 Å². The highest BCUT2D eigenvalue weighted by molar-refractivity contribution is 9.08. The van der Waals surface area contributed by atoms with Gasteiger partial charge in [0.2, 0.25) is 0 Å². The molecule has 0 unspecified atom stereocenters. The summed E-state index contributed by atoms with van der Waals surface area (Å²) in [6, 6.07) is 10.1. The zero-order chi connectivity index (χ0) is 12.8. The summed E-state index contributed by atoms with van der Waals surface area (Å²) in [5, 5.41) is 2.85. The summed E-state index contributed by atoms with van der Waals surface area (Å²) in [6.07, 6.45) is 0.928. The first-order valence-corrected chi connectivity index (χ1v) is 7.72. The van der Waals surface area contributed by atoms with E-state index in [1.54, 1.807) is 18.4 Å². The van der Waals surface area contributed by atoms with Crippen molar-refractivity contribution in [2.75, 3.05) is 13.7 Å². The molecular formula is C14H15BrO2S. The lowest BCUT2D eigenvalue weighted by molar-refractivity contribution is 0.296. The SMILES string of the molecule is COc1cccc(CBr)c1OCCc1cccs1. The van der Waals surface area contributed by atoms with Gasteiger partial charge < -0.3 is 9.47 Å². The van der Waals surface area contributed by atoms with Gasteiger partial charge in [-0.3, -0.25) is 0 Å². The summed E-state index contributed by atoms with van der Waals surface area (Å²) in [4.78, 5) is 1.34. The van der Waals surface area contributed by atoms with Crippen molar-refractivity contribution in [1.29, 1.82) is 0 Å². The minimum absolute atomic E-state index is 0.668. The molecule has 0 saturated heterocycles. The molecule has 1 aromatic carbocycles. The van der Waals surface area contributed by atoms with Gasteiger partial charge in [0.05, 0.1) is 13.7 Å². The minimum atomic E-state index is 0.668. The monoisotopic (exact) mass is 326 g/mol. The van der Waals surface area contributed by atoms with E-state index in [0.29, 0.717) is 6.61 Å². The molecule has 18 heavy (non-hydrogen) atoms. The average molecular weight is 327 g/mol. The number of ether oxygens (including phenoxy) is 2. The highest BCUT2D eigenvalue weighted by Crippen LogP contribution is 2.32. The van der Waals surface area contributed by atoms with Crippen LogP contribution in [0, 0.1) is 0 Å². The fraction of sp³-hybridized carbons (Fsp3) is 0.286. The quantitative estimate of drug-likeness (QED) is 0.738. The molecule has 0 amide bonds. The predicted molar refractivity (Wildman–Crippen MR) is 79.1 cm³/mol. The van der Waals surface area contributed by atoms with Crippen molar-refractivity contribution in [3.05, 3.63) is 46.2 Å². The van der Waals surface area contributed by atoms with Crippen LogP contribution >= 0.6 is 27.3 Å². The summed E-state index contributed by atoms with van der Waals surface area (Å²) < 4.78 is 11.2. The highest BCUT2D eigenvalue weighted by Gasteiger charge is 2.09. The summed E-state index contributed by atoms with van der Waals surface area (Å²) in [7, 11) is 1.67. The Morgan fingerprint density at radius 2 is 2.11 bits per heavy atom. The smallest absolute Gasteiger partial charge is 0.165 e. The van der Waals surface area contributed by atoms with Crippen LogP contribution < -0.4 is 9.47 Å². The largest absolute Gasteiger partial charge is 0.493 e. The number of halogens is 1. The highest BCUT2D eigenvalue weighted by atomic mass is 79.9. The third-order valence-electron chi connectivity index (χ3n) is 2.60. The lowest BCUT2D eigenvalue weighted by Crippen LogP contribution is -2.03. The number of para-hydroxylation sites is 1. The number of hydrogen-bond donors (Lipinski definition) is 0. The number of rotatable bonds is 6. The van der Waals surface area contributed by atoms with Crippen molar-refractivity contribution in [3.8, 4) is 11.5 Å². The van der Waals surface area contributed by atoms with Gasteiger partial charge in [-0.25, -0.2) is 0 Å². The second kappa shape index (κ2) is 6.81. The first-order valence-electron chi connectivity index (χ1n) is 5.72. The van der Waals surface area contributed by atoms with Crippen LogP contribution in [0.4, 0.5) is 0 Å². The van der Waals surface area contributed by atoms with Crippen molar-refractivity contribution in [1.82, 2.24) is 0 Å². The first kappa shape index (κ1) is 13.4. The molecule has 0 aliphatic heterocycles. The molecule has 0 fully saturated rings. The van der Waals surface area contributed by atoms with E-state index in [0.717, 1.165) is 28.8 Å². The zero-order valence-corrected chi connectivity index (χ0v) is 12.6. The van der Waals surface area contributed by atoms with E-state index in [1.165, 1.54) is 4.88 Å². The van der Waals surface area contributed by atoms with E-state index in [4.69, 9.17) is 9.47 Å². The van der Waals surface area contributed by atoms with Crippen LogP contribution in [-0.4, -0.2) is 13.7 Å². The van der Waals surface area contributed by atoms with E-state index in [9.17, 15) is 0 Å². The fourth-order valence-corrected chi connectivity index (χ4v) is 2.83. The molecule has 1 heterocycles. The van der Waals surface area contributed by atoms with Crippen LogP contribution in [0.15, 0.2) is 35.7 Å². The van der Waals surface area contributed by atoms with Gasteiger partial charge in [0.1, 0.15) is 0 Å². The summed E-state index contributed by atoms with van der Waals surface area (Å²) in [5.74, 6) is 1.63. The van der Waals surface area contributed by atoms with Crippen LogP contribution in [0.25, 0.3) is 0 Å². The van der Waals surface area contributed by atoms with Crippen LogP contribution in [0.3, 0.4) is 0 Å². The molecule has 0 aliphatic rings. The van der Waals surface area contributed by atoms with Crippen molar-refractivity contribution >= 4 is 27.3 Å². The molecular weight excluding hydrogens is 312 g/mol. The van der Waals surface area contributed by atoms with E-state index >= 15 is 0 Å². The fourth-order valence-electron chi connectivity index (χ4n) is 1.70. The molecule has 0 N–H and O–H groups in total. The Kier molecular flexibility index (Phi) is 5.08. The van der Waals surface area contributed by atoms with Gasteiger partial charge in [0.15, 0.2) is 11.5 Å². The standard InChI is InChI=1S/C14H15BrO2S/c1-16-13-6-2-4-11(10-15)14(13)17-8-7-12-5-3-9-18-12/h2-6,9H,7-8,10H2,1H3. The van der Waals surface area contributed by atoms with Gasteiger partial charge in [-0.05, 0) is 17.5 Å². The number of thiophene rings is 1. The normalized spacial score (nSPS) is 10.3. The van der Waals surface area contributed by atoms with Crippen molar-refractivity contribution in [2.45, 2.75) is 11.8 Å². The van der Waals surface area contributed by atoms with Crippen LogP contribution in [-0.2, 0) is 11.8 Å². The van der Waals surface area contributed by atoms with Crippen LogP contribution in [0.2, 0.25) is 0 Å². The van der Waals surface area contributed by atoms with Gasteiger partial charge >= 0.3 is 0 Å². The molecule has 0 saturated carbocycles. The summed E-state index contributed by atoms with van der Waals surface area (Å²) in [5.41, 5.74) is 1.11. The Balaban J connectivity index is 2.03. The van der Waals surface area contributed by atoms with Crippen LogP contribution in [0.1, 0.15) is 10.4 Å². The van der Waals surface area contributed by atoms with Gasteiger partial charge in [-0.2, -0.15) is 0 Å². The maximum absolute atomic E-state index is 5.88. The maximum Gasteiger partial charge on any atom is 0.165 e. The third-order valence-corrected chi connectivity index (χ3v) is 4.14. The van der Waals surface area contributed by atoms with Gasteiger partial charge in [-0.15, -0.1) is 11.3 Å². The molecule has 2 aromatic rings. The average Bonchev–Trinajstić information content (AvgIpc) is 2.92. The number of benzene rings is 1. The molecule has 96 valence electrons. The second-order valence-electron chi connectivity index (χ2n) is 3.76. The molecule has 0 aliphatic carbocycles. The molecule has 0 radical (unpaired) electrons. The molecule has 4 heteroatoms. The summed E-state index contributed by atoms with van der Waals surface area (Å²) >= 11 is 5.23. The Hall–Kier alpha value is -1.00. The predicted octanol–water partition coefficient (Wildman–Crippen LogP) is 4.27. The summed E-state index contributed by atoms with van der Waals surface area (Å²) in [6.45, 7) is 0.668. The van der Waals surface area contributed by atoms with Gasteiger partial charge in [0, 0.05) is 22.2 Å². The Morgan fingerprint density at radius 3 is 2.78 bits per heavy atom. The first-order chi connectivity index (χ1) is 8.85. The molecule has 0 bridgehead atoms. The van der Waals surface area contributed by atoms with Gasteiger partial charge in [0.25, 0.3) is 0 Å². The van der Waals surface area contributed by atoms with E-state index in [1.807, 2.05) is 18.2 Å². The topological polar surface area (TPSA) is 18.5 Å². The number of methoxy groups -OCH3 is 1. The van der Waals surface area contributed by atoms with Crippen molar-refractivity contribution in [3.63, 3.8) is 0 Å². The lowest BCUT2D eigenvalue weighted by atomic mass is 10.2. The Morgan fingerprint density at radius 1 is 1.22 bits per heavy atom. The maximum atomic E-state index is 5.88. The molecule has 2 nitrogen and oxygen atoms in total. The lowest BCUT2D eigenvalue weighted by Gasteiger charge is -2.13. The van der Waals surface area contributed by atoms with Crippen molar-refractivity contribution in [2.24, 2.45) is 0 Å². The van der Waals surface area contributed by atoms with E-state index < -0.39 is 0 Å². The molecule has 2 rings (SSSR count). The van der Waals surface area contributed by atoms with Gasteiger partial charge in [-0.1, -0.05) is 34.1 Å². The Bertz CT molecular complexity index is 460.